The predicted octanol–water partition coefficient (Wildman–Crippen LogP) is 3.98. The van der Waals surface area contributed by atoms with E-state index in [1.165, 1.54) is 28.6 Å². The van der Waals surface area contributed by atoms with Crippen LogP contribution in [0.2, 0.25) is 0 Å². The Morgan fingerprint density at radius 2 is 1.74 bits per heavy atom. The number of aryl methyl sites for hydroxylation is 1. The molecule has 35 heavy (non-hydrogen) atoms. The summed E-state index contributed by atoms with van der Waals surface area (Å²) in [5.74, 6) is -0.425. The fourth-order valence-electron chi connectivity index (χ4n) is 4.22. The third-order valence-corrected chi connectivity index (χ3v) is 7.87. The van der Waals surface area contributed by atoms with Gasteiger partial charge in [-0.25, -0.2) is 18.2 Å². The Morgan fingerprint density at radius 1 is 1.03 bits per heavy atom. The maximum Gasteiger partial charge on any atom is 0.338 e. The lowest BCUT2D eigenvalue weighted by Gasteiger charge is -2.30. The average Bonchev–Trinajstić information content (AvgIpc) is 2.88. The maximum atomic E-state index is 13.3. The van der Waals surface area contributed by atoms with E-state index >= 15 is 0 Å². The molecule has 1 aliphatic rings. The van der Waals surface area contributed by atoms with Crippen LogP contribution in [-0.4, -0.2) is 30.9 Å². The number of nitrogens with one attached hydrogen (secondary N) is 1. The van der Waals surface area contributed by atoms with Crippen LogP contribution in [0.1, 0.15) is 41.2 Å². The SMILES string of the molecule is C[C@@H](OC(=O)c1ccc(S(=O)(=O)N2CCCc3ccccc32)cc1)c1nc2ccccc2c(=O)[nH]1. The van der Waals surface area contributed by atoms with Crippen LogP contribution < -0.4 is 9.86 Å². The number of ether oxygens (including phenoxy) is 1. The standard InChI is InChI=1S/C26H23N3O5S/c1-17(24-27-22-10-4-3-9-21(22)25(30)28-24)34-26(31)19-12-14-20(15-13-19)35(32,33)29-16-6-8-18-7-2-5-11-23(18)29/h2-5,7,9-15,17H,6,8,16H2,1H3,(H,27,28,30)/t17-/m1/s1. The first-order chi connectivity index (χ1) is 16.8. The minimum Gasteiger partial charge on any atom is -0.451 e. The van der Waals surface area contributed by atoms with Crippen molar-refractivity contribution in [3.8, 4) is 0 Å². The number of para-hydroxylation sites is 2. The molecule has 0 aliphatic carbocycles. The lowest BCUT2D eigenvalue weighted by molar-refractivity contribution is 0.0320. The van der Waals surface area contributed by atoms with Gasteiger partial charge in [0.25, 0.3) is 15.6 Å². The zero-order valence-electron chi connectivity index (χ0n) is 19.0. The van der Waals surface area contributed by atoms with Crippen molar-refractivity contribution in [3.63, 3.8) is 0 Å². The number of carbonyl (C=O) groups is 1. The molecule has 0 spiro atoms. The number of rotatable bonds is 5. The first-order valence-corrected chi connectivity index (χ1v) is 12.7. The van der Waals surface area contributed by atoms with E-state index < -0.39 is 22.1 Å². The minimum atomic E-state index is -3.78. The van der Waals surface area contributed by atoms with Gasteiger partial charge in [0.2, 0.25) is 0 Å². The molecule has 1 N–H and O–H groups in total. The van der Waals surface area contributed by atoms with Gasteiger partial charge in [-0.05, 0) is 67.8 Å². The van der Waals surface area contributed by atoms with Crippen LogP contribution in [0, 0.1) is 0 Å². The van der Waals surface area contributed by atoms with Crippen molar-refractivity contribution in [3.05, 3.63) is 100 Å². The number of benzene rings is 3. The zero-order chi connectivity index (χ0) is 24.6. The number of hydrogen-bond donors (Lipinski definition) is 1. The molecule has 5 rings (SSSR count). The molecule has 2 heterocycles. The minimum absolute atomic E-state index is 0.0966. The Morgan fingerprint density at radius 3 is 2.54 bits per heavy atom. The number of anilines is 1. The van der Waals surface area contributed by atoms with Crippen molar-refractivity contribution in [2.24, 2.45) is 0 Å². The lowest BCUT2D eigenvalue weighted by Crippen LogP contribution is -2.35. The molecule has 3 aromatic carbocycles. The van der Waals surface area contributed by atoms with Gasteiger partial charge < -0.3 is 9.72 Å². The van der Waals surface area contributed by atoms with Gasteiger partial charge in [0.15, 0.2) is 11.9 Å². The molecule has 4 aromatic rings. The number of fused-ring (bicyclic) bond motifs is 2. The number of aromatic nitrogens is 2. The Kier molecular flexibility index (Phi) is 5.86. The summed E-state index contributed by atoms with van der Waals surface area (Å²) in [7, 11) is -3.78. The second kappa shape index (κ2) is 8.99. The third-order valence-electron chi connectivity index (χ3n) is 6.05. The van der Waals surface area contributed by atoms with Crippen LogP contribution in [-0.2, 0) is 21.2 Å². The number of hydrogen-bond acceptors (Lipinski definition) is 6. The molecule has 178 valence electrons. The highest BCUT2D eigenvalue weighted by Crippen LogP contribution is 2.32. The molecular formula is C26H23N3O5S. The van der Waals surface area contributed by atoms with Gasteiger partial charge in [0, 0.05) is 6.54 Å². The van der Waals surface area contributed by atoms with Crippen molar-refractivity contribution in [2.75, 3.05) is 10.8 Å². The van der Waals surface area contributed by atoms with Crippen LogP contribution in [0.3, 0.4) is 0 Å². The number of carbonyl (C=O) groups excluding carboxylic acids is 1. The molecule has 1 aromatic heterocycles. The van der Waals surface area contributed by atoms with Crippen molar-refractivity contribution < 1.29 is 17.9 Å². The third kappa shape index (κ3) is 4.30. The number of H-pyrrole nitrogens is 1. The molecule has 0 radical (unpaired) electrons. The first kappa shape index (κ1) is 22.8. The summed E-state index contributed by atoms with van der Waals surface area (Å²) in [4.78, 5) is 32.1. The summed E-state index contributed by atoms with van der Waals surface area (Å²) < 4.78 is 33.5. The van der Waals surface area contributed by atoms with E-state index in [4.69, 9.17) is 4.74 Å². The van der Waals surface area contributed by atoms with E-state index in [0.29, 0.717) is 23.1 Å². The Balaban J connectivity index is 1.34. The van der Waals surface area contributed by atoms with E-state index in [9.17, 15) is 18.0 Å². The maximum absolute atomic E-state index is 13.3. The molecule has 8 nitrogen and oxygen atoms in total. The Bertz CT molecular complexity index is 1580. The molecule has 1 atom stereocenters. The van der Waals surface area contributed by atoms with Crippen LogP contribution >= 0.6 is 0 Å². The van der Waals surface area contributed by atoms with E-state index in [2.05, 4.69) is 9.97 Å². The second-order valence-electron chi connectivity index (χ2n) is 8.35. The summed E-state index contributed by atoms with van der Waals surface area (Å²) in [5.41, 5.74) is 2.06. The Hall–Kier alpha value is -3.98. The second-order valence-corrected chi connectivity index (χ2v) is 10.2. The van der Waals surface area contributed by atoms with E-state index in [-0.39, 0.29) is 21.8 Å². The quantitative estimate of drug-likeness (QED) is 0.425. The molecule has 9 heteroatoms. The monoisotopic (exact) mass is 489 g/mol. The largest absolute Gasteiger partial charge is 0.451 e. The number of esters is 1. The fraction of sp³-hybridized carbons (Fsp3) is 0.192. The summed E-state index contributed by atoms with van der Waals surface area (Å²) >= 11 is 0. The topological polar surface area (TPSA) is 109 Å². The number of sulfonamides is 1. The van der Waals surface area contributed by atoms with Gasteiger partial charge >= 0.3 is 5.97 Å². The average molecular weight is 490 g/mol. The van der Waals surface area contributed by atoms with Crippen LogP contribution in [0.15, 0.2) is 82.5 Å². The smallest absolute Gasteiger partial charge is 0.338 e. The molecule has 1 aliphatic heterocycles. The summed E-state index contributed by atoms with van der Waals surface area (Å²) in [5, 5.41) is 0.447. The zero-order valence-corrected chi connectivity index (χ0v) is 19.8. The van der Waals surface area contributed by atoms with Crippen LogP contribution in [0.25, 0.3) is 10.9 Å². The summed E-state index contributed by atoms with van der Waals surface area (Å²) in [6.07, 6.45) is 0.763. The number of aromatic amines is 1. The molecular weight excluding hydrogens is 466 g/mol. The molecule has 0 fully saturated rings. The van der Waals surface area contributed by atoms with Gasteiger partial charge in [-0.1, -0.05) is 30.3 Å². The highest BCUT2D eigenvalue weighted by atomic mass is 32.2. The Labute approximate surface area is 202 Å². The van der Waals surface area contributed by atoms with Crippen molar-refractivity contribution in [2.45, 2.75) is 30.8 Å². The fourth-order valence-corrected chi connectivity index (χ4v) is 5.76. The van der Waals surface area contributed by atoms with E-state index in [0.717, 1.165) is 18.4 Å². The molecule has 0 bridgehead atoms. The lowest BCUT2D eigenvalue weighted by atomic mass is 10.0. The molecule has 0 saturated carbocycles. The van der Waals surface area contributed by atoms with Gasteiger partial charge in [-0.2, -0.15) is 0 Å². The highest BCUT2D eigenvalue weighted by Gasteiger charge is 2.29. The van der Waals surface area contributed by atoms with Gasteiger partial charge in [-0.15, -0.1) is 0 Å². The predicted molar refractivity (Wildman–Crippen MR) is 132 cm³/mol. The normalized spacial score (nSPS) is 14.4. The highest BCUT2D eigenvalue weighted by molar-refractivity contribution is 7.92. The molecule has 0 saturated heterocycles. The first-order valence-electron chi connectivity index (χ1n) is 11.3. The van der Waals surface area contributed by atoms with Crippen LogP contribution in [0.4, 0.5) is 5.69 Å². The summed E-state index contributed by atoms with van der Waals surface area (Å²) in [6, 6.07) is 20.0. The van der Waals surface area contributed by atoms with Crippen LogP contribution in [0.5, 0.6) is 0 Å². The van der Waals surface area contributed by atoms with Gasteiger partial charge in [0.1, 0.15) is 0 Å². The van der Waals surface area contributed by atoms with E-state index in [1.54, 1.807) is 31.2 Å². The summed E-state index contributed by atoms with van der Waals surface area (Å²) in [6.45, 7) is 2.01. The van der Waals surface area contributed by atoms with Gasteiger partial charge in [-0.3, -0.25) is 9.10 Å². The van der Waals surface area contributed by atoms with Crippen molar-refractivity contribution in [1.82, 2.24) is 9.97 Å². The number of nitrogens with zero attached hydrogens (tertiary/aromatic N) is 2. The van der Waals surface area contributed by atoms with E-state index in [1.807, 2.05) is 24.3 Å². The van der Waals surface area contributed by atoms with Crippen molar-refractivity contribution in [1.29, 1.82) is 0 Å². The molecule has 0 amide bonds. The van der Waals surface area contributed by atoms with Crippen molar-refractivity contribution >= 4 is 32.6 Å². The van der Waals surface area contributed by atoms with Gasteiger partial charge in [0.05, 0.1) is 27.0 Å². The molecule has 0 unspecified atom stereocenters.